The second kappa shape index (κ2) is 17.1. The van der Waals surface area contributed by atoms with Crippen LogP contribution < -0.4 is 11.5 Å². The Morgan fingerprint density at radius 3 is 1.32 bits per heavy atom. The summed E-state index contributed by atoms with van der Waals surface area (Å²) in [5.74, 6) is 0. The first kappa shape index (κ1) is 26.0. The molecule has 0 aliphatic heterocycles. The molecule has 0 saturated heterocycles. The topological polar surface area (TPSA) is 103 Å². The molecule has 0 aliphatic rings. The maximum absolute atomic E-state index is 8.35. The van der Waals surface area contributed by atoms with E-state index in [4.69, 9.17) is 22.0 Å². The van der Waals surface area contributed by atoms with E-state index in [0.29, 0.717) is 11.1 Å². The van der Waals surface area contributed by atoms with Gasteiger partial charge in [-0.2, -0.15) is 10.5 Å². The summed E-state index contributed by atoms with van der Waals surface area (Å²) in [5, 5.41) is 16.7. The molecule has 0 bridgehead atoms. The highest BCUT2D eigenvalue weighted by Gasteiger charge is 1.94. The van der Waals surface area contributed by atoms with Crippen molar-refractivity contribution in [2.75, 3.05) is 33.2 Å². The highest BCUT2D eigenvalue weighted by atomic mass is 32.1. The molecule has 0 atom stereocenters. The number of hydrogen-bond donors (Lipinski definition) is 4. The predicted octanol–water partition coefficient (Wildman–Crippen LogP) is 3.31. The SMILES string of the molecule is CN(CCCN)CCCN.N#Cc1ccc(S)cc1.N#Cc1ccc(S)cc1. The highest BCUT2D eigenvalue weighted by Crippen LogP contribution is 2.06. The molecular weight excluding hydrogens is 386 g/mol. The summed E-state index contributed by atoms with van der Waals surface area (Å²) in [6.07, 6.45) is 2.17. The monoisotopic (exact) mass is 415 g/mol. The Morgan fingerprint density at radius 2 is 1.07 bits per heavy atom. The van der Waals surface area contributed by atoms with Crippen LogP contribution in [0.15, 0.2) is 58.3 Å². The average molecular weight is 416 g/mol. The van der Waals surface area contributed by atoms with Gasteiger partial charge in [0.25, 0.3) is 0 Å². The van der Waals surface area contributed by atoms with Crippen molar-refractivity contribution in [2.24, 2.45) is 11.5 Å². The Hall–Kier alpha value is -2.00. The van der Waals surface area contributed by atoms with Crippen LogP contribution in [0.5, 0.6) is 0 Å². The van der Waals surface area contributed by atoms with Gasteiger partial charge in [0, 0.05) is 9.79 Å². The smallest absolute Gasteiger partial charge is 0.0991 e. The van der Waals surface area contributed by atoms with Gasteiger partial charge in [0.05, 0.1) is 23.3 Å². The fourth-order valence-corrected chi connectivity index (χ4v) is 2.20. The second-order valence-electron chi connectivity index (χ2n) is 5.91. The van der Waals surface area contributed by atoms with E-state index in [0.717, 1.165) is 48.8 Å². The molecule has 4 N–H and O–H groups in total. The fourth-order valence-electron chi connectivity index (χ4n) is 1.91. The Morgan fingerprint density at radius 1 is 0.750 bits per heavy atom. The number of thiol groups is 2. The lowest BCUT2D eigenvalue weighted by molar-refractivity contribution is 0.329. The van der Waals surface area contributed by atoms with Gasteiger partial charge in [0.15, 0.2) is 0 Å². The third-order valence-corrected chi connectivity index (χ3v) is 4.08. The molecule has 0 saturated carbocycles. The van der Waals surface area contributed by atoms with E-state index in [2.05, 4.69) is 37.2 Å². The highest BCUT2D eigenvalue weighted by molar-refractivity contribution is 7.80. The van der Waals surface area contributed by atoms with Gasteiger partial charge in [-0.15, -0.1) is 25.3 Å². The maximum atomic E-state index is 8.35. The summed E-state index contributed by atoms with van der Waals surface area (Å²) < 4.78 is 0. The first-order chi connectivity index (χ1) is 13.5. The molecule has 0 aromatic heterocycles. The first-order valence-electron chi connectivity index (χ1n) is 8.93. The van der Waals surface area contributed by atoms with Crippen LogP contribution in [0.3, 0.4) is 0 Å². The molecule has 7 heteroatoms. The lowest BCUT2D eigenvalue weighted by atomic mass is 10.2. The van der Waals surface area contributed by atoms with E-state index in [-0.39, 0.29) is 0 Å². The van der Waals surface area contributed by atoms with Crippen LogP contribution in [0, 0.1) is 22.7 Å². The molecule has 2 aromatic rings. The van der Waals surface area contributed by atoms with Gasteiger partial charge in [0.1, 0.15) is 0 Å². The Kier molecular flexibility index (Phi) is 15.9. The van der Waals surface area contributed by atoms with Gasteiger partial charge in [-0.1, -0.05) is 0 Å². The van der Waals surface area contributed by atoms with Crippen molar-refractivity contribution in [3.05, 3.63) is 59.7 Å². The number of nitrogens with zero attached hydrogens (tertiary/aromatic N) is 3. The fraction of sp³-hybridized carbons (Fsp3) is 0.333. The van der Waals surface area contributed by atoms with Crippen molar-refractivity contribution >= 4 is 25.3 Å². The van der Waals surface area contributed by atoms with E-state index in [1.807, 2.05) is 12.1 Å². The zero-order valence-electron chi connectivity index (χ0n) is 16.3. The number of nitrogens with two attached hydrogens (primary N) is 2. The number of hydrogen-bond acceptors (Lipinski definition) is 7. The third-order valence-electron chi connectivity index (χ3n) is 3.48. The van der Waals surface area contributed by atoms with Crippen molar-refractivity contribution in [1.82, 2.24) is 4.90 Å². The summed E-state index contributed by atoms with van der Waals surface area (Å²) in [6, 6.07) is 18.2. The van der Waals surface area contributed by atoms with Crippen molar-refractivity contribution in [3.63, 3.8) is 0 Å². The third kappa shape index (κ3) is 14.1. The standard InChI is InChI=1S/C7H19N3.2C7H5NS/c1-10(6-2-4-8)7-3-5-9;2*8-5-6-1-3-7(9)4-2-6/h2-9H2,1H3;2*1-4,9H. The van der Waals surface area contributed by atoms with Crippen LogP contribution in [0.25, 0.3) is 0 Å². The molecule has 2 rings (SSSR count). The lowest BCUT2D eigenvalue weighted by Crippen LogP contribution is -2.24. The minimum Gasteiger partial charge on any atom is -0.330 e. The Labute approximate surface area is 179 Å². The van der Waals surface area contributed by atoms with Crippen LogP contribution >= 0.6 is 25.3 Å². The molecule has 0 amide bonds. The van der Waals surface area contributed by atoms with Crippen LogP contribution in [-0.2, 0) is 0 Å². The summed E-state index contributed by atoms with van der Waals surface area (Å²) in [7, 11) is 2.10. The minimum atomic E-state index is 0.674. The van der Waals surface area contributed by atoms with Gasteiger partial charge in [-0.3, -0.25) is 0 Å². The average Bonchev–Trinajstić information content (AvgIpc) is 2.73. The molecule has 0 radical (unpaired) electrons. The molecule has 0 unspecified atom stereocenters. The summed E-state index contributed by atoms with van der Waals surface area (Å²) in [4.78, 5) is 4.03. The van der Waals surface area contributed by atoms with Crippen molar-refractivity contribution in [1.29, 1.82) is 10.5 Å². The molecular formula is C21H29N5S2. The number of nitriles is 2. The van der Waals surface area contributed by atoms with E-state index in [1.165, 1.54) is 0 Å². The van der Waals surface area contributed by atoms with Gasteiger partial charge >= 0.3 is 0 Å². The quantitative estimate of drug-likeness (QED) is 0.542. The molecule has 150 valence electrons. The molecule has 0 aliphatic carbocycles. The zero-order chi connectivity index (χ0) is 21.2. The van der Waals surface area contributed by atoms with Crippen LogP contribution in [-0.4, -0.2) is 38.1 Å². The molecule has 5 nitrogen and oxygen atoms in total. The minimum absolute atomic E-state index is 0.674. The van der Waals surface area contributed by atoms with E-state index in [9.17, 15) is 0 Å². The zero-order valence-corrected chi connectivity index (χ0v) is 18.0. The predicted molar refractivity (Wildman–Crippen MR) is 122 cm³/mol. The van der Waals surface area contributed by atoms with E-state index >= 15 is 0 Å². The summed E-state index contributed by atoms with van der Waals surface area (Å²) >= 11 is 8.12. The molecule has 0 spiro atoms. The van der Waals surface area contributed by atoms with Gasteiger partial charge < -0.3 is 16.4 Å². The van der Waals surface area contributed by atoms with Crippen molar-refractivity contribution in [2.45, 2.75) is 22.6 Å². The Balaban J connectivity index is 0.000000391. The normalized spacial score (nSPS) is 9.29. The van der Waals surface area contributed by atoms with E-state index < -0.39 is 0 Å². The van der Waals surface area contributed by atoms with Gasteiger partial charge in [-0.05, 0) is 94.6 Å². The van der Waals surface area contributed by atoms with Gasteiger partial charge in [-0.25, -0.2) is 0 Å². The first-order valence-corrected chi connectivity index (χ1v) is 9.83. The van der Waals surface area contributed by atoms with Gasteiger partial charge in [0.2, 0.25) is 0 Å². The molecule has 0 fully saturated rings. The second-order valence-corrected chi connectivity index (χ2v) is 6.94. The lowest BCUT2D eigenvalue weighted by Gasteiger charge is -2.14. The Bertz CT molecular complexity index is 655. The molecule has 0 heterocycles. The van der Waals surface area contributed by atoms with E-state index in [1.54, 1.807) is 48.5 Å². The summed E-state index contributed by atoms with van der Waals surface area (Å²) in [6.45, 7) is 3.76. The molecule has 2 aromatic carbocycles. The van der Waals surface area contributed by atoms with Crippen LogP contribution in [0.4, 0.5) is 0 Å². The largest absolute Gasteiger partial charge is 0.330 e. The number of rotatable bonds is 6. The maximum Gasteiger partial charge on any atom is 0.0991 e. The summed E-state index contributed by atoms with van der Waals surface area (Å²) in [5.41, 5.74) is 12.1. The van der Waals surface area contributed by atoms with Crippen molar-refractivity contribution in [3.8, 4) is 12.1 Å². The number of benzene rings is 2. The molecule has 28 heavy (non-hydrogen) atoms. The van der Waals surface area contributed by atoms with Crippen LogP contribution in [0.1, 0.15) is 24.0 Å². The van der Waals surface area contributed by atoms with Crippen LogP contribution in [0.2, 0.25) is 0 Å². The van der Waals surface area contributed by atoms with Crippen molar-refractivity contribution < 1.29 is 0 Å².